The molecule has 0 unspecified atom stereocenters. The van der Waals surface area contributed by atoms with Crippen LogP contribution in [-0.4, -0.2) is 111 Å². The van der Waals surface area contributed by atoms with Crippen LogP contribution in [0.25, 0.3) is 0 Å². The molecule has 1 aromatic rings. The molecule has 20 heteroatoms. The van der Waals surface area contributed by atoms with Crippen LogP contribution in [0.5, 0.6) is 5.75 Å². The molecule has 1 aliphatic heterocycles. The van der Waals surface area contributed by atoms with Gasteiger partial charge in [-0.1, -0.05) is 0 Å². The van der Waals surface area contributed by atoms with Crippen molar-refractivity contribution < 1.29 is 74.1 Å². The maximum Gasteiger partial charge on any atom is 5.00 e. The van der Waals surface area contributed by atoms with Gasteiger partial charge in [-0.2, -0.15) is 26.3 Å². The number of rotatable bonds is 1. The topological polar surface area (TPSA) is 146 Å². The zero-order valence-electron chi connectivity index (χ0n) is 20.0. The summed E-state index contributed by atoms with van der Waals surface area (Å²) in [4.78, 5) is 11.8. The van der Waals surface area contributed by atoms with Crippen molar-refractivity contribution in [2.24, 2.45) is 0 Å². The normalized spacial score (nSPS) is 17.0. The van der Waals surface area contributed by atoms with E-state index in [1.54, 1.807) is 7.11 Å². The summed E-state index contributed by atoms with van der Waals surface area (Å²) in [5.41, 5.74) is -9.13. The molecule has 0 N–H and O–H groups in total. The molecule has 1 aromatic heterocycles. The largest absolute Gasteiger partial charge is 5.00 e. The predicted molar refractivity (Wildman–Crippen MR) is 112 cm³/mol. The summed E-state index contributed by atoms with van der Waals surface area (Å²) < 4.78 is 123. The molecular weight excluding hydrogens is 606 g/mol. The van der Waals surface area contributed by atoms with E-state index in [-0.39, 0.29) is 17.1 Å². The Bertz CT molecular complexity index is 967. The Labute approximate surface area is 221 Å². The van der Waals surface area contributed by atoms with Crippen molar-refractivity contribution >= 4 is 20.2 Å². The molecule has 0 amide bonds. The van der Waals surface area contributed by atoms with Crippen LogP contribution in [0.2, 0.25) is 0 Å². The first kappa shape index (κ1) is 37.9. The summed E-state index contributed by atoms with van der Waals surface area (Å²) in [5, 5.41) is 0. The first-order chi connectivity index (χ1) is 16.1. The second-order valence-electron chi connectivity index (χ2n) is 7.57. The zero-order chi connectivity index (χ0) is 28.5. The molecule has 0 aromatic carbocycles. The van der Waals surface area contributed by atoms with Crippen LogP contribution in [0, 0.1) is 0 Å². The fraction of sp³-hybridized carbons (Fsp3) is 0.706. The second-order valence-corrected chi connectivity index (χ2v) is 10.3. The summed E-state index contributed by atoms with van der Waals surface area (Å²) in [7, 11) is -3.98. The average Bonchev–Trinajstić information content (AvgIpc) is 2.67. The fourth-order valence-electron chi connectivity index (χ4n) is 2.40. The number of fused-ring (bicyclic) bond motifs is 2. The Morgan fingerprint density at radius 3 is 1.27 bits per heavy atom. The Morgan fingerprint density at radius 2 is 1.03 bits per heavy atom. The van der Waals surface area contributed by atoms with Gasteiger partial charge < -0.3 is 18.7 Å². The van der Waals surface area contributed by atoms with Crippen LogP contribution < -0.4 is 4.74 Å². The SMILES string of the molecule is COc1cc2nc(c1)CN(C)CCN(C)CCN(C)C2.O=S(=O)([O-])C(F)(F)F.O=S(=O)([O-])C(F)(F)F.[Fe+5]. The smallest absolute Gasteiger partial charge is 0.741 e. The average molecular weight is 632 g/mol. The van der Waals surface area contributed by atoms with E-state index in [4.69, 9.17) is 35.7 Å². The van der Waals surface area contributed by atoms with Crippen molar-refractivity contribution in [1.82, 2.24) is 19.7 Å². The molecule has 2 rings (SSSR count). The zero-order valence-corrected chi connectivity index (χ0v) is 22.7. The number of pyridine rings is 1. The van der Waals surface area contributed by atoms with Gasteiger partial charge in [-0.05, 0) is 21.1 Å². The van der Waals surface area contributed by atoms with Crippen molar-refractivity contribution in [3.8, 4) is 5.75 Å². The number of ether oxygens (including phenoxy) is 1. The molecule has 1 aliphatic rings. The molecule has 0 saturated carbocycles. The molecule has 37 heavy (non-hydrogen) atoms. The van der Waals surface area contributed by atoms with Gasteiger partial charge >= 0.3 is 28.1 Å². The molecule has 0 aliphatic carbocycles. The Morgan fingerprint density at radius 1 is 0.757 bits per heavy atom. The van der Waals surface area contributed by atoms with Crippen molar-refractivity contribution in [3.63, 3.8) is 0 Å². The Kier molecular flexibility index (Phi) is 15.7. The third-order valence-corrected chi connectivity index (χ3v) is 5.43. The van der Waals surface area contributed by atoms with E-state index in [9.17, 15) is 26.3 Å². The third-order valence-electron chi connectivity index (χ3n) is 4.30. The summed E-state index contributed by atoms with van der Waals surface area (Å²) in [6.45, 7) is 5.99. The second kappa shape index (κ2) is 15.4. The van der Waals surface area contributed by atoms with Gasteiger partial charge in [0, 0.05) is 51.4 Å². The predicted octanol–water partition coefficient (Wildman–Crippen LogP) is 1.000. The summed E-state index contributed by atoms with van der Waals surface area (Å²) >= 11 is 0. The van der Waals surface area contributed by atoms with Crippen molar-refractivity contribution in [3.05, 3.63) is 23.5 Å². The number of likely N-dealkylation sites (N-methyl/N-ethyl adjacent to an activating group) is 3. The van der Waals surface area contributed by atoms with Crippen molar-refractivity contribution in [1.29, 1.82) is 0 Å². The van der Waals surface area contributed by atoms with Crippen LogP contribution in [0.1, 0.15) is 11.4 Å². The number of alkyl halides is 6. The number of aromatic nitrogens is 1. The van der Waals surface area contributed by atoms with E-state index in [0.29, 0.717) is 0 Å². The molecule has 215 valence electrons. The molecular formula is C17H26F6FeN4O7S2+3. The third kappa shape index (κ3) is 15.7. The minimum atomic E-state index is -6.09. The van der Waals surface area contributed by atoms with Gasteiger partial charge in [-0.25, -0.2) is 16.8 Å². The number of nitrogens with zero attached hydrogens (tertiary/aromatic N) is 4. The van der Waals surface area contributed by atoms with Crippen LogP contribution in [0.15, 0.2) is 12.1 Å². The number of methoxy groups -OCH3 is 1. The minimum absolute atomic E-state index is 0. The van der Waals surface area contributed by atoms with E-state index in [1.807, 2.05) is 12.1 Å². The number of hydrogen-bond donors (Lipinski definition) is 0. The van der Waals surface area contributed by atoms with Gasteiger partial charge in [0.05, 0.1) is 18.5 Å². The Balaban J connectivity index is 0. The van der Waals surface area contributed by atoms with Crippen LogP contribution in [0.4, 0.5) is 26.3 Å². The minimum Gasteiger partial charge on any atom is -0.741 e. The monoisotopic (exact) mass is 632 g/mol. The molecule has 2 heterocycles. The number of hydrogen-bond acceptors (Lipinski definition) is 11. The van der Waals surface area contributed by atoms with Crippen molar-refractivity contribution in [2.45, 2.75) is 24.1 Å². The van der Waals surface area contributed by atoms with Gasteiger partial charge in [0.1, 0.15) is 5.75 Å². The standard InChI is InChI=1S/C15H26N4O.2CHF3O3S.Fe/c1-17-5-7-18(2)11-13-9-15(20-4)10-14(16-13)12-19(3)8-6-17;2*2-1(3,4)8(5,6)7;/h9-10H,5-8,11-12H2,1-4H3;2*(H,5,6,7);/q;;;+5/p-2. The Hall–Kier alpha value is -1.25. The molecule has 0 spiro atoms. The fourth-order valence-corrected chi connectivity index (χ4v) is 2.40. The van der Waals surface area contributed by atoms with E-state index >= 15 is 0 Å². The molecule has 11 nitrogen and oxygen atoms in total. The molecule has 0 fully saturated rings. The maximum absolute atomic E-state index is 10.7. The van der Waals surface area contributed by atoms with Gasteiger partial charge in [-0.15, -0.1) is 0 Å². The molecule has 2 bridgehead atoms. The van der Waals surface area contributed by atoms with Crippen molar-refractivity contribution in [2.75, 3.05) is 54.4 Å². The van der Waals surface area contributed by atoms with Gasteiger partial charge in [0.2, 0.25) is 0 Å². The van der Waals surface area contributed by atoms with Crippen LogP contribution >= 0.6 is 0 Å². The molecule has 0 saturated heterocycles. The number of halogens is 6. The van der Waals surface area contributed by atoms with E-state index in [1.165, 1.54) is 0 Å². The summed E-state index contributed by atoms with van der Waals surface area (Å²) in [5.74, 6) is 0.904. The summed E-state index contributed by atoms with van der Waals surface area (Å²) in [6, 6.07) is 4.07. The van der Waals surface area contributed by atoms with Crippen LogP contribution in [0.3, 0.4) is 0 Å². The van der Waals surface area contributed by atoms with E-state index in [0.717, 1.165) is 56.4 Å². The van der Waals surface area contributed by atoms with Gasteiger partial charge in [0.15, 0.2) is 20.2 Å². The summed E-state index contributed by atoms with van der Waals surface area (Å²) in [6.07, 6.45) is 0. The first-order valence-electron chi connectivity index (χ1n) is 9.70. The first-order valence-corrected chi connectivity index (χ1v) is 12.5. The van der Waals surface area contributed by atoms with Crippen LogP contribution in [-0.2, 0) is 50.4 Å². The maximum atomic E-state index is 10.7. The van der Waals surface area contributed by atoms with E-state index in [2.05, 4.69) is 35.8 Å². The van der Waals surface area contributed by atoms with E-state index < -0.39 is 31.3 Å². The molecule has 1 radical (unpaired) electrons. The quantitative estimate of drug-likeness (QED) is 0.189. The molecule has 0 atom stereocenters. The van der Waals surface area contributed by atoms with Gasteiger partial charge in [0.25, 0.3) is 0 Å². The van der Waals surface area contributed by atoms with Gasteiger partial charge in [-0.3, -0.25) is 14.8 Å².